The minimum absolute atomic E-state index is 0.0758. The molecule has 0 bridgehead atoms. The lowest BCUT2D eigenvalue weighted by molar-refractivity contribution is -0.145. The highest BCUT2D eigenvalue weighted by Crippen LogP contribution is 2.25. The van der Waals surface area contributed by atoms with Crippen molar-refractivity contribution in [2.45, 2.75) is 6.10 Å². The van der Waals surface area contributed by atoms with Gasteiger partial charge in [-0.2, -0.15) is 0 Å². The molecule has 3 aromatic rings. The van der Waals surface area contributed by atoms with Crippen LogP contribution in [0.15, 0.2) is 65.1 Å². The molecule has 6 nitrogen and oxygen atoms in total. The number of hydrogen-bond acceptors (Lipinski definition) is 5. The number of ether oxygens (including phenoxy) is 2. The van der Waals surface area contributed by atoms with Crippen LogP contribution in [0.25, 0.3) is 11.0 Å². The summed E-state index contributed by atoms with van der Waals surface area (Å²) in [6.45, 7) is 1.91. The summed E-state index contributed by atoms with van der Waals surface area (Å²) in [6.07, 6.45) is -1.02. The van der Waals surface area contributed by atoms with Gasteiger partial charge in [0.05, 0.1) is 13.2 Å². The minimum Gasteiger partial charge on any atom is -0.449 e. The number of morpholine rings is 1. The number of amides is 1. The average molecular weight is 365 g/mol. The lowest BCUT2D eigenvalue weighted by Crippen LogP contribution is -2.44. The first kappa shape index (κ1) is 17.3. The van der Waals surface area contributed by atoms with Crippen molar-refractivity contribution in [2.24, 2.45) is 0 Å². The molecule has 27 heavy (non-hydrogen) atoms. The Balaban J connectivity index is 1.60. The van der Waals surface area contributed by atoms with Crippen molar-refractivity contribution < 1.29 is 23.5 Å². The molecule has 138 valence electrons. The van der Waals surface area contributed by atoms with Crippen molar-refractivity contribution in [3.8, 4) is 0 Å². The number of benzene rings is 2. The molecule has 0 unspecified atom stereocenters. The Bertz CT molecular complexity index is 910. The van der Waals surface area contributed by atoms with Crippen molar-refractivity contribution in [1.82, 2.24) is 4.90 Å². The topological polar surface area (TPSA) is 69.0 Å². The molecule has 2 aromatic carbocycles. The van der Waals surface area contributed by atoms with Gasteiger partial charge in [-0.1, -0.05) is 48.5 Å². The molecule has 4 rings (SSSR count). The smallest absolute Gasteiger partial charge is 0.375 e. The molecule has 1 aliphatic heterocycles. The molecule has 1 aliphatic rings. The maximum atomic E-state index is 13.0. The van der Waals surface area contributed by atoms with Crippen LogP contribution in [0.3, 0.4) is 0 Å². The van der Waals surface area contributed by atoms with Gasteiger partial charge in [0.1, 0.15) is 5.58 Å². The molecule has 0 saturated carbocycles. The maximum Gasteiger partial charge on any atom is 0.375 e. The second kappa shape index (κ2) is 7.63. The number of para-hydroxylation sites is 1. The van der Waals surface area contributed by atoms with Gasteiger partial charge in [-0.25, -0.2) is 4.79 Å². The molecule has 0 N–H and O–H groups in total. The van der Waals surface area contributed by atoms with Crippen molar-refractivity contribution >= 4 is 22.8 Å². The zero-order valence-corrected chi connectivity index (χ0v) is 14.7. The van der Waals surface area contributed by atoms with Crippen LogP contribution in [0.4, 0.5) is 0 Å². The molecule has 1 saturated heterocycles. The summed E-state index contributed by atoms with van der Waals surface area (Å²) in [6, 6.07) is 18.0. The Labute approximate surface area is 156 Å². The Morgan fingerprint density at radius 1 is 0.963 bits per heavy atom. The van der Waals surface area contributed by atoms with Crippen LogP contribution in [-0.2, 0) is 14.3 Å². The molecule has 1 amide bonds. The van der Waals surface area contributed by atoms with E-state index in [1.165, 1.54) is 0 Å². The number of furan rings is 1. The van der Waals surface area contributed by atoms with Gasteiger partial charge in [0.25, 0.3) is 5.91 Å². The first-order valence-electron chi connectivity index (χ1n) is 8.83. The molecule has 6 heteroatoms. The third kappa shape index (κ3) is 3.71. The SMILES string of the molecule is O=C(O[C@H](C(=O)N1CCOCC1)c1ccccc1)c1cc2ccccc2o1. The van der Waals surface area contributed by atoms with Gasteiger partial charge in [-0.3, -0.25) is 4.79 Å². The van der Waals surface area contributed by atoms with E-state index >= 15 is 0 Å². The van der Waals surface area contributed by atoms with E-state index in [0.717, 1.165) is 5.39 Å². The molecule has 1 fully saturated rings. The van der Waals surface area contributed by atoms with Crippen LogP contribution >= 0.6 is 0 Å². The first-order chi connectivity index (χ1) is 13.2. The van der Waals surface area contributed by atoms with E-state index in [-0.39, 0.29) is 11.7 Å². The van der Waals surface area contributed by atoms with E-state index in [2.05, 4.69) is 0 Å². The fourth-order valence-corrected chi connectivity index (χ4v) is 3.09. The average Bonchev–Trinajstić information content (AvgIpc) is 3.17. The number of esters is 1. The number of carbonyl (C=O) groups is 2. The highest BCUT2D eigenvalue weighted by molar-refractivity contribution is 5.94. The standard InChI is InChI=1S/C21H19NO5/c23-20(22-10-12-25-13-11-22)19(15-6-2-1-3-7-15)27-21(24)18-14-16-8-4-5-9-17(16)26-18/h1-9,14,19H,10-13H2/t19-/m0/s1. The fourth-order valence-electron chi connectivity index (χ4n) is 3.09. The highest BCUT2D eigenvalue weighted by Gasteiger charge is 2.31. The number of fused-ring (bicyclic) bond motifs is 1. The Morgan fingerprint density at radius 2 is 1.67 bits per heavy atom. The second-order valence-electron chi connectivity index (χ2n) is 6.28. The summed E-state index contributed by atoms with van der Waals surface area (Å²) in [5.74, 6) is -0.845. The number of carbonyl (C=O) groups excluding carboxylic acids is 2. The largest absolute Gasteiger partial charge is 0.449 e. The van der Waals surface area contributed by atoms with Crippen molar-refractivity contribution in [1.29, 1.82) is 0 Å². The van der Waals surface area contributed by atoms with E-state index in [0.29, 0.717) is 37.4 Å². The normalized spacial score (nSPS) is 15.5. The molecule has 1 aromatic heterocycles. The van der Waals surface area contributed by atoms with Crippen molar-refractivity contribution in [2.75, 3.05) is 26.3 Å². The third-order valence-corrected chi connectivity index (χ3v) is 4.50. The number of rotatable bonds is 4. The van der Waals surface area contributed by atoms with Crippen LogP contribution in [0.5, 0.6) is 0 Å². The van der Waals surface area contributed by atoms with Crippen molar-refractivity contribution in [3.63, 3.8) is 0 Å². The predicted octanol–water partition coefficient (Wildman–Crippen LogP) is 3.19. The van der Waals surface area contributed by atoms with E-state index < -0.39 is 12.1 Å². The van der Waals surface area contributed by atoms with Crippen LogP contribution in [0.2, 0.25) is 0 Å². The van der Waals surface area contributed by atoms with Gasteiger partial charge >= 0.3 is 5.97 Å². The maximum absolute atomic E-state index is 13.0. The zero-order chi connectivity index (χ0) is 18.6. The summed E-state index contributed by atoms with van der Waals surface area (Å²) in [4.78, 5) is 27.3. The number of nitrogens with zero attached hydrogens (tertiary/aromatic N) is 1. The minimum atomic E-state index is -1.02. The molecule has 0 aliphatic carbocycles. The van der Waals surface area contributed by atoms with Gasteiger partial charge in [-0.15, -0.1) is 0 Å². The van der Waals surface area contributed by atoms with Gasteiger partial charge < -0.3 is 18.8 Å². The Kier molecular flexibility index (Phi) is 4.89. The lowest BCUT2D eigenvalue weighted by Gasteiger charge is -2.30. The lowest BCUT2D eigenvalue weighted by atomic mass is 10.1. The van der Waals surface area contributed by atoms with E-state index in [9.17, 15) is 9.59 Å². The van der Waals surface area contributed by atoms with E-state index in [1.54, 1.807) is 29.2 Å². The Morgan fingerprint density at radius 3 is 2.41 bits per heavy atom. The van der Waals surface area contributed by atoms with Crippen LogP contribution in [0, 0.1) is 0 Å². The Hall–Kier alpha value is -3.12. The van der Waals surface area contributed by atoms with Gasteiger partial charge in [0.2, 0.25) is 11.9 Å². The van der Waals surface area contributed by atoms with Crippen LogP contribution < -0.4 is 0 Å². The fraction of sp³-hybridized carbons (Fsp3) is 0.238. The summed E-state index contributed by atoms with van der Waals surface area (Å²) in [5, 5.41) is 0.806. The van der Waals surface area contributed by atoms with E-state index in [1.807, 2.05) is 36.4 Å². The molecular weight excluding hydrogens is 346 g/mol. The van der Waals surface area contributed by atoms with Gasteiger partial charge in [-0.05, 0) is 12.1 Å². The predicted molar refractivity (Wildman–Crippen MR) is 98.2 cm³/mol. The molecular formula is C21H19NO5. The molecule has 0 radical (unpaired) electrons. The summed E-state index contributed by atoms with van der Waals surface area (Å²) < 4.78 is 16.5. The van der Waals surface area contributed by atoms with Crippen LogP contribution in [0.1, 0.15) is 22.2 Å². The third-order valence-electron chi connectivity index (χ3n) is 4.50. The van der Waals surface area contributed by atoms with Crippen molar-refractivity contribution in [3.05, 3.63) is 72.0 Å². The van der Waals surface area contributed by atoms with E-state index in [4.69, 9.17) is 13.9 Å². The first-order valence-corrected chi connectivity index (χ1v) is 8.83. The van der Waals surface area contributed by atoms with Gasteiger partial charge in [0.15, 0.2) is 0 Å². The number of hydrogen-bond donors (Lipinski definition) is 0. The molecule has 0 spiro atoms. The highest BCUT2D eigenvalue weighted by atomic mass is 16.6. The van der Waals surface area contributed by atoms with Crippen LogP contribution in [-0.4, -0.2) is 43.1 Å². The zero-order valence-electron chi connectivity index (χ0n) is 14.7. The summed E-state index contributed by atoms with van der Waals surface area (Å²) in [5.41, 5.74) is 1.22. The second-order valence-corrected chi connectivity index (χ2v) is 6.28. The quantitative estimate of drug-likeness (QED) is 0.664. The summed E-state index contributed by atoms with van der Waals surface area (Å²) in [7, 11) is 0. The summed E-state index contributed by atoms with van der Waals surface area (Å²) >= 11 is 0. The molecule has 2 heterocycles. The van der Waals surface area contributed by atoms with Gasteiger partial charge in [0, 0.05) is 24.0 Å². The molecule has 1 atom stereocenters. The monoisotopic (exact) mass is 365 g/mol.